The summed E-state index contributed by atoms with van der Waals surface area (Å²) >= 11 is 0. The highest BCUT2D eigenvalue weighted by molar-refractivity contribution is 5.79. The van der Waals surface area contributed by atoms with Gasteiger partial charge in [0.1, 0.15) is 0 Å². The van der Waals surface area contributed by atoms with E-state index in [-0.39, 0.29) is 0 Å². The molecule has 0 radical (unpaired) electrons. The number of rotatable bonds is 8. The van der Waals surface area contributed by atoms with Crippen molar-refractivity contribution in [1.29, 1.82) is 0 Å². The fourth-order valence-corrected chi connectivity index (χ4v) is 1.62. The smallest absolute Gasteiger partial charge is 0.226 e. The van der Waals surface area contributed by atoms with Crippen LogP contribution < -0.4 is 10.6 Å². The summed E-state index contributed by atoms with van der Waals surface area (Å²) in [6.07, 6.45) is 2.78. The van der Waals surface area contributed by atoms with Crippen molar-refractivity contribution in [3.63, 3.8) is 0 Å². The zero-order chi connectivity index (χ0) is 14.8. The minimum absolute atomic E-state index is 0.312. The van der Waals surface area contributed by atoms with Crippen molar-refractivity contribution in [3.05, 3.63) is 11.7 Å². The lowest BCUT2D eigenvalue weighted by atomic mass is 10.2. The first-order valence-electron chi connectivity index (χ1n) is 7.52. The van der Waals surface area contributed by atoms with Gasteiger partial charge in [0.2, 0.25) is 5.89 Å². The van der Waals surface area contributed by atoms with Crippen LogP contribution in [-0.2, 0) is 6.42 Å². The molecule has 0 saturated carbocycles. The highest BCUT2D eigenvalue weighted by atomic mass is 16.5. The van der Waals surface area contributed by atoms with Crippen LogP contribution in [0.1, 0.15) is 58.2 Å². The Balaban J connectivity index is 2.28. The summed E-state index contributed by atoms with van der Waals surface area (Å²) < 4.78 is 5.21. The Bertz CT molecular complexity index is 400. The zero-order valence-corrected chi connectivity index (χ0v) is 13.1. The van der Waals surface area contributed by atoms with Gasteiger partial charge in [0.05, 0.1) is 0 Å². The maximum Gasteiger partial charge on any atom is 0.226 e. The second kappa shape index (κ2) is 9.34. The molecule has 0 aliphatic carbocycles. The second-order valence-corrected chi connectivity index (χ2v) is 4.99. The molecule has 6 heteroatoms. The Kier molecular flexibility index (Phi) is 7.69. The van der Waals surface area contributed by atoms with E-state index < -0.39 is 0 Å². The fraction of sp³-hybridized carbons (Fsp3) is 0.786. The van der Waals surface area contributed by atoms with Gasteiger partial charge in [0, 0.05) is 32.0 Å². The summed E-state index contributed by atoms with van der Waals surface area (Å²) in [6.45, 7) is 10.9. The van der Waals surface area contributed by atoms with Gasteiger partial charge in [-0.2, -0.15) is 4.98 Å². The number of nitrogens with one attached hydrogen (secondary N) is 2. The van der Waals surface area contributed by atoms with Gasteiger partial charge >= 0.3 is 0 Å². The van der Waals surface area contributed by atoms with Gasteiger partial charge in [-0.3, -0.25) is 4.99 Å². The first kappa shape index (κ1) is 16.5. The van der Waals surface area contributed by atoms with Gasteiger partial charge < -0.3 is 15.2 Å². The molecule has 1 aromatic heterocycles. The number of aliphatic imine (C=N–C) groups is 1. The van der Waals surface area contributed by atoms with Gasteiger partial charge in [0.15, 0.2) is 11.8 Å². The minimum Gasteiger partial charge on any atom is -0.357 e. The van der Waals surface area contributed by atoms with E-state index in [1.165, 1.54) is 0 Å². The van der Waals surface area contributed by atoms with Gasteiger partial charge in [0.25, 0.3) is 0 Å². The molecule has 0 atom stereocenters. The molecule has 0 aliphatic rings. The Labute approximate surface area is 121 Å². The predicted molar refractivity (Wildman–Crippen MR) is 81.0 cm³/mol. The molecule has 6 nitrogen and oxygen atoms in total. The average molecular weight is 281 g/mol. The summed E-state index contributed by atoms with van der Waals surface area (Å²) in [5.41, 5.74) is 0. The van der Waals surface area contributed by atoms with Crippen LogP contribution in [0.4, 0.5) is 0 Å². The van der Waals surface area contributed by atoms with Crippen LogP contribution in [0.2, 0.25) is 0 Å². The molecular formula is C14H27N5O. The van der Waals surface area contributed by atoms with Crippen LogP contribution >= 0.6 is 0 Å². The van der Waals surface area contributed by atoms with E-state index in [0.29, 0.717) is 11.8 Å². The van der Waals surface area contributed by atoms with Gasteiger partial charge in [-0.05, 0) is 19.8 Å². The van der Waals surface area contributed by atoms with Crippen molar-refractivity contribution in [2.75, 3.05) is 19.6 Å². The summed E-state index contributed by atoms with van der Waals surface area (Å²) in [5.74, 6) is 2.69. The van der Waals surface area contributed by atoms with Crippen molar-refractivity contribution in [2.24, 2.45) is 4.99 Å². The summed E-state index contributed by atoms with van der Waals surface area (Å²) in [5, 5.41) is 10.5. The van der Waals surface area contributed by atoms with Crippen LogP contribution in [0.5, 0.6) is 0 Å². The summed E-state index contributed by atoms with van der Waals surface area (Å²) in [7, 11) is 0. The van der Waals surface area contributed by atoms with E-state index in [0.717, 1.165) is 50.7 Å². The third kappa shape index (κ3) is 6.04. The van der Waals surface area contributed by atoms with Crippen molar-refractivity contribution in [1.82, 2.24) is 20.8 Å². The Hall–Kier alpha value is -1.59. The SMILES string of the molecule is CCCN=C(NCC)NCCCc1nc(C(C)C)no1. The molecule has 1 aromatic rings. The van der Waals surface area contributed by atoms with Crippen molar-refractivity contribution in [3.8, 4) is 0 Å². The Morgan fingerprint density at radius 3 is 2.70 bits per heavy atom. The molecule has 0 aliphatic heterocycles. The maximum atomic E-state index is 5.21. The lowest BCUT2D eigenvalue weighted by molar-refractivity contribution is 0.368. The van der Waals surface area contributed by atoms with Crippen LogP contribution in [0.25, 0.3) is 0 Å². The highest BCUT2D eigenvalue weighted by Gasteiger charge is 2.09. The molecule has 0 amide bonds. The van der Waals surface area contributed by atoms with Crippen LogP contribution in [0, 0.1) is 0 Å². The van der Waals surface area contributed by atoms with Crippen LogP contribution in [0.15, 0.2) is 9.52 Å². The number of nitrogens with zero attached hydrogens (tertiary/aromatic N) is 3. The molecule has 0 saturated heterocycles. The first-order chi connectivity index (χ1) is 9.67. The van der Waals surface area contributed by atoms with Gasteiger partial charge in [-0.15, -0.1) is 0 Å². The lowest BCUT2D eigenvalue weighted by Crippen LogP contribution is -2.38. The zero-order valence-electron chi connectivity index (χ0n) is 13.1. The summed E-state index contributed by atoms with van der Waals surface area (Å²) in [6, 6.07) is 0. The summed E-state index contributed by atoms with van der Waals surface area (Å²) in [4.78, 5) is 8.81. The normalized spacial score (nSPS) is 11.9. The van der Waals surface area contributed by atoms with Crippen molar-refractivity contribution < 1.29 is 4.52 Å². The number of aromatic nitrogens is 2. The van der Waals surface area contributed by atoms with E-state index in [4.69, 9.17) is 4.52 Å². The van der Waals surface area contributed by atoms with E-state index in [1.807, 2.05) is 0 Å². The number of hydrogen-bond acceptors (Lipinski definition) is 4. The second-order valence-electron chi connectivity index (χ2n) is 4.99. The van der Waals surface area contributed by atoms with Crippen molar-refractivity contribution >= 4 is 5.96 Å². The number of aryl methyl sites for hydroxylation is 1. The molecule has 0 fully saturated rings. The van der Waals surface area contributed by atoms with E-state index in [2.05, 4.69) is 53.5 Å². The molecule has 0 spiro atoms. The average Bonchev–Trinajstić information content (AvgIpc) is 2.89. The predicted octanol–water partition coefficient (Wildman–Crippen LogP) is 2.09. The minimum atomic E-state index is 0.312. The molecule has 0 unspecified atom stereocenters. The largest absolute Gasteiger partial charge is 0.357 e. The maximum absolute atomic E-state index is 5.21. The molecule has 20 heavy (non-hydrogen) atoms. The van der Waals surface area contributed by atoms with Crippen molar-refractivity contribution in [2.45, 2.75) is 52.9 Å². The van der Waals surface area contributed by atoms with Gasteiger partial charge in [-0.1, -0.05) is 25.9 Å². The third-order valence-corrected chi connectivity index (χ3v) is 2.70. The fourth-order valence-electron chi connectivity index (χ4n) is 1.62. The molecule has 2 N–H and O–H groups in total. The first-order valence-corrected chi connectivity index (χ1v) is 7.52. The highest BCUT2D eigenvalue weighted by Crippen LogP contribution is 2.10. The van der Waals surface area contributed by atoms with Crippen LogP contribution in [-0.4, -0.2) is 35.7 Å². The van der Waals surface area contributed by atoms with Gasteiger partial charge in [-0.25, -0.2) is 0 Å². The Morgan fingerprint density at radius 1 is 1.30 bits per heavy atom. The molecule has 1 heterocycles. The molecule has 0 aromatic carbocycles. The van der Waals surface area contributed by atoms with E-state index in [9.17, 15) is 0 Å². The third-order valence-electron chi connectivity index (χ3n) is 2.70. The molecule has 114 valence electrons. The quantitative estimate of drug-likeness (QED) is 0.433. The number of guanidine groups is 1. The van der Waals surface area contributed by atoms with E-state index in [1.54, 1.807) is 0 Å². The monoisotopic (exact) mass is 281 g/mol. The molecule has 1 rings (SSSR count). The standard InChI is InChI=1S/C14H27N5O/c1-5-9-16-14(15-6-2)17-10-7-8-12-18-13(11(3)4)19-20-12/h11H,5-10H2,1-4H3,(H2,15,16,17). The topological polar surface area (TPSA) is 75.3 Å². The lowest BCUT2D eigenvalue weighted by Gasteiger charge is -2.10. The number of hydrogen-bond donors (Lipinski definition) is 2. The van der Waals surface area contributed by atoms with Crippen LogP contribution in [0.3, 0.4) is 0 Å². The molecule has 0 bridgehead atoms. The Morgan fingerprint density at radius 2 is 2.10 bits per heavy atom. The van der Waals surface area contributed by atoms with E-state index >= 15 is 0 Å². The molecular weight excluding hydrogens is 254 g/mol.